The van der Waals surface area contributed by atoms with Gasteiger partial charge in [-0.05, 0) is 31.2 Å². The van der Waals surface area contributed by atoms with E-state index < -0.39 is 11.6 Å². The summed E-state index contributed by atoms with van der Waals surface area (Å²) in [5, 5.41) is 11.9. The molecule has 0 aliphatic heterocycles. The molecule has 0 radical (unpaired) electrons. The molecule has 1 amide bonds. The smallest absolute Gasteiger partial charge is 0.407 e. The Hall–Kier alpha value is -2.06. The fraction of sp³-hybridized carbons (Fsp3) is 0.500. The third-order valence-corrected chi connectivity index (χ3v) is 3.98. The number of nitriles is 1. The van der Waals surface area contributed by atoms with Crippen LogP contribution in [-0.4, -0.2) is 17.7 Å². The summed E-state index contributed by atoms with van der Waals surface area (Å²) < 4.78 is 5.24. The van der Waals surface area contributed by atoms with Gasteiger partial charge in [-0.2, -0.15) is 5.26 Å². The van der Waals surface area contributed by atoms with Crippen molar-refractivity contribution >= 4 is 6.09 Å². The second kappa shape index (κ2) is 7.09. The molecule has 21 heavy (non-hydrogen) atoms. The van der Waals surface area contributed by atoms with Crippen molar-refractivity contribution in [3.8, 4) is 6.07 Å². The van der Waals surface area contributed by atoms with Crippen LogP contribution in [0.2, 0.25) is 0 Å². The number of rotatable bonds is 4. The van der Waals surface area contributed by atoms with Crippen LogP contribution in [0.15, 0.2) is 30.3 Å². The summed E-state index contributed by atoms with van der Waals surface area (Å²) in [7, 11) is 0. The summed E-state index contributed by atoms with van der Waals surface area (Å²) >= 11 is 0. The minimum atomic E-state index is -0.488. The van der Waals surface area contributed by atoms with Crippen LogP contribution in [-0.2, 0) is 11.3 Å². The number of nitrogens with one attached hydrogen (secondary N) is 1. The van der Waals surface area contributed by atoms with Crippen molar-refractivity contribution in [1.82, 2.24) is 5.32 Å². The van der Waals surface area contributed by atoms with Crippen molar-refractivity contribution in [2.75, 3.05) is 0 Å². The van der Waals surface area contributed by atoms with Crippen LogP contribution in [0.25, 0.3) is 0 Å². The van der Waals surface area contributed by atoms with Crippen LogP contribution in [0.5, 0.6) is 0 Å². The number of carbonyl (C=O) groups is 1. The summed E-state index contributed by atoms with van der Waals surface area (Å²) in [6.45, 7) is 0.231. The molecule has 5 nitrogen and oxygen atoms in total. The maximum atomic E-state index is 12.0. The highest BCUT2D eigenvalue weighted by atomic mass is 16.5. The van der Waals surface area contributed by atoms with E-state index in [9.17, 15) is 4.79 Å². The Morgan fingerprint density at radius 2 is 2.05 bits per heavy atom. The van der Waals surface area contributed by atoms with E-state index >= 15 is 0 Å². The Kier molecular flexibility index (Phi) is 5.18. The van der Waals surface area contributed by atoms with Crippen LogP contribution in [0.1, 0.15) is 37.7 Å². The summed E-state index contributed by atoms with van der Waals surface area (Å²) in [4.78, 5) is 12.0. The van der Waals surface area contributed by atoms with Gasteiger partial charge in [0, 0.05) is 6.04 Å². The average molecular weight is 287 g/mol. The summed E-state index contributed by atoms with van der Waals surface area (Å²) in [5.74, 6) is 0. The molecule has 1 aliphatic carbocycles. The van der Waals surface area contributed by atoms with Gasteiger partial charge in [0.15, 0.2) is 0 Å². The lowest BCUT2D eigenvalue weighted by atomic mass is 9.78. The number of hydrogen-bond donors (Lipinski definition) is 2. The molecule has 1 aromatic rings. The number of hydrogen-bond acceptors (Lipinski definition) is 4. The summed E-state index contributed by atoms with van der Waals surface area (Å²) in [5.41, 5.74) is 6.34. The van der Waals surface area contributed by atoms with Gasteiger partial charge in [-0.3, -0.25) is 0 Å². The molecule has 0 atom stereocenters. The second-order valence-electron chi connectivity index (χ2n) is 5.64. The maximum absolute atomic E-state index is 12.0. The van der Waals surface area contributed by atoms with Gasteiger partial charge in [-0.25, -0.2) is 4.79 Å². The molecule has 1 aromatic carbocycles. The van der Waals surface area contributed by atoms with E-state index in [2.05, 4.69) is 11.4 Å². The van der Waals surface area contributed by atoms with Crippen molar-refractivity contribution in [3.63, 3.8) is 0 Å². The first-order valence-corrected chi connectivity index (χ1v) is 7.25. The number of nitrogens with zero attached hydrogens (tertiary/aromatic N) is 1. The molecular formula is C16H21N3O2. The lowest BCUT2D eigenvalue weighted by Crippen LogP contribution is -2.52. The standard InChI is InChI=1S/C16H21N3O2/c17-11-10-16(8-6-14(18)7-9-16)19-15(20)21-12-13-4-2-1-3-5-13/h1-5,14H,6-10,12,18H2,(H,19,20). The third kappa shape index (κ3) is 4.47. The first-order valence-electron chi connectivity index (χ1n) is 7.25. The first-order chi connectivity index (χ1) is 10.1. The minimum Gasteiger partial charge on any atom is -0.445 e. The van der Waals surface area contributed by atoms with Gasteiger partial charge in [0.05, 0.1) is 18.0 Å². The zero-order valence-corrected chi connectivity index (χ0v) is 12.0. The largest absolute Gasteiger partial charge is 0.445 e. The van der Waals surface area contributed by atoms with Crippen LogP contribution in [0, 0.1) is 11.3 Å². The van der Waals surface area contributed by atoms with E-state index in [1.807, 2.05) is 30.3 Å². The molecule has 2 rings (SSSR count). The number of carbonyl (C=O) groups excluding carboxylic acids is 1. The van der Waals surface area contributed by atoms with Crippen LogP contribution in [0.3, 0.4) is 0 Å². The summed E-state index contributed by atoms with van der Waals surface area (Å²) in [6.07, 6.45) is 2.91. The number of ether oxygens (including phenoxy) is 1. The fourth-order valence-corrected chi connectivity index (χ4v) is 2.67. The van der Waals surface area contributed by atoms with Gasteiger partial charge in [-0.1, -0.05) is 30.3 Å². The number of amides is 1. The molecule has 0 spiro atoms. The van der Waals surface area contributed by atoms with Crippen molar-refractivity contribution in [2.24, 2.45) is 5.73 Å². The van der Waals surface area contributed by atoms with E-state index in [4.69, 9.17) is 15.7 Å². The average Bonchev–Trinajstić information content (AvgIpc) is 2.50. The minimum absolute atomic E-state index is 0.166. The zero-order valence-electron chi connectivity index (χ0n) is 12.0. The summed E-state index contributed by atoms with van der Waals surface area (Å²) in [6, 6.07) is 11.8. The number of alkyl carbamates (subject to hydrolysis) is 1. The lowest BCUT2D eigenvalue weighted by molar-refractivity contribution is 0.116. The van der Waals surface area contributed by atoms with Crippen LogP contribution < -0.4 is 11.1 Å². The predicted octanol–water partition coefficient (Wildman–Crippen LogP) is 2.47. The molecule has 0 saturated heterocycles. The van der Waals surface area contributed by atoms with Crippen molar-refractivity contribution in [2.45, 2.75) is 50.3 Å². The van der Waals surface area contributed by atoms with Crippen molar-refractivity contribution in [1.29, 1.82) is 5.26 Å². The van der Waals surface area contributed by atoms with E-state index in [0.717, 1.165) is 31.2 Å². The van der Waals surface area contributed by atoms with Gasteiger partial charge in [0.25, 0.3) is 0 Å². The molecule has 0 unspecified atom stereocenters. The molecule has 1 saturated carbocycles. The first kappa shape index (κ1) is 15.3. The molecule has 3 N–H and O–H groups in total. The zero-order chi connectivity index (χ0) is 15.1. The second-order valence-corrected chi connectivity index (χ2v) is 5.64. The van der Waals surface area contributed by atoms with Crippen LogP contribution in [0.4, 0.5) is 4.79 Å². The van der Waals surface area contributed by atoms with E-state index in [1.165, 1.54) is 0 Å². The van der Waals surface area contributed by atoms with Crippen molar-refractivity contribution < 1.29 is 9.53 Å². The Labute approximate surface area is 125 Å². The maximum Gasteiger partial charge on any atom is 0.407 e. The Morgan fingerprint density at radius 3 is 2.67 bits per heavy atom. The van der Waals surface area contributed by atoms with Gasteiger partial charge in [0.1, 0.15) is 6.61 Å². The van der Waals surface area contributed by atoms with Gasteiger partial charge in [-0.15, -0.1) is 0 Å². The molecule has 0 bridgehead atoms. The highest BCUT2D eigenvalue weighted by Gasteiger charge is 2.36. The van der Waals surface area contributed by atoms with Crippen LogP contribution >= 0.6 is 0 Å². The SMILES string of the molecule is N#CCC1(NC(=O)OCc2ccccc2)CCC(N)CC1. The fourth-order valence-electron chi connectivity index (χ4n) is 2.67. The van der Waals surface area contributed by atoms with Gasteiger partial charge < -0.3 is 15.8 Å². The monoisotopic (exact) mass is 287 g/mol. The molecule has 0 aromatic heterocycles. The van der Waals surface area contributed by atoms with E-state index in [-0.39, 0.29) is 12.6 Å². The Balaban J connectivity index is 1.88. The Morgan fingerprint density at radius 1 is 1.38 bits per heavy atom. The predicted molar refractivity (Wildman–Crippen MR) is 79.2 cm³/mol. The van der Waals surface area contributed by atoms with Gasteiger partial charge in [0.2, 0.25) is 0 Å². The van der Waals surface area contributed by atoms with Crippen molar-refractivity contribution in [3.05, 3.63) is 35.9 Å². The third-order valence-electron chi connectivity index (χ3n) is 3.98. The number of benzene rings is 1. The Bertz CT molecular complexity index is 502. The highest BCUT2D eigenvalue weighted by Crippen LogP contribution is 2.30. The lowest BCUT2D eigenvalue weighted by Gasteiger charge is -2.38. The normalized spacial score (nSPS) is 24.9. The topological polar surface area (TPSA) is 88.1 Å². The molecule has 0 heterocycles. The van der Waals surface area contributed by atoms with E-state index in [0.29, 0.717) is 6.42 Å². The van der Waals surface area contributed by atoms with Gasteiger partial charge >= 0.3 is 6.09 Å². The molecule has 112 valence electrons. The highest BCUT2D eigenvalue weighted by molar-refractivity contribution is 5.68. The molecule has 1 aliphatic rings. The van der Waals surface area contributed by atoms with E-state index in [1.54, 1.807) is 0 Å². The quantitative estimate of drug-likeness (QED) is 0.890. The molecular weight excluding hydrogens is 266 g/mol. The molecule has 5 heteroatoms. The number of nitrogens with two attached hydrogens (primary N) is 1. The molecule has 1 fully saturated rings.